The molecule has 0 saturated heterocycles. The van der Waals surface area contributed by atoms with Crippen LogP contribution in [-0.4, -0.2) is 35.2 Å². The topological polar surface area (TPSA) is 68.5 Å². The van der Waals surface area contributed by atoms with Gasteiger partial charge in [0.1, 0.15) is 0 Å². The molecule has 0 amide bonds. The number of aromatic nitrogens is 2. The van der Waals surface area contributed by atoms with E-state index >= 15 is 0 Å². The highest BCUT2D eigenvalue weighted by atomic mass is 16.5. The molecule has 6 nitrogen and oxygen atoms in total. The minimum atomic E-state index is -0.329. The maximum atomic E-state index is 11.4. The summed E-state index contributed by atoms with van der Waals surface area (Å²) in [7, 11) is 3.36. The second-order valence-electron chi connectivity index (χ2n) is 4.94. The van der Waals surface area contributed by atoms with Crippen LogP contribution in [0, 0.1) is 6.92 Å². The van der Waals surface area contributed by atoms with Crippen LogP contribution in [0.5, 0.6) is 0 Å². The van der Waals surface area contributed by atoms with Crippen LogP contribution in [0.4, 0.5) is 0 Å². The standard InChI is InChI=1S/C15H19N3O3/c1-10(14-17-16-11(2)21-14)18(3)9-12-5-7-13(8-6-12)15(19)20-4/h5-8,10H,9H2,1-4H3. The number of ether oxygens (including phenoxy) is 1. The lowest BCUT2D eigenvalue weighted by molar-refractivity contribution is 0.0600. The first-order chi connectivity index (χ1) is 10.0. The van der Waals surface area contributed by atoms with Gasteiger partial charge in [0.05, 0.1) is 18.7 Å². The normalized spacial score (nSPS) is 12.4. The molecule has 0 N–H and O–H groups in total. The summed E-state index contributed by atoms with van der Waals surface area (Å²) in [6.07, 6.45) is 0. The first-order valence-corrected chi connectivity index (χ1v) is 6.68. The van der Waals surface area contributed by atoms with Crippen LogP contribution in [0.2, 0.25) is 0 Å². The molecule has 2 rings (SSSR count). The predicted octanol–water partition coefficient (Wildman–Crippen LogP) is 2.36. The van der Waals surface area contributed by atoms with E-state index in [-0.39, 0.29) is 12.0 Å². The van der Waals surface area contributed by atoms with Crippen molar-refractivity contribution >= 4 is 5.97 Å². The van der Waals surface area contributed by atoms with Crippen molar-refractivity contribution in [1.82, 2.24) is 15.1 Å². The largest absolute Gasteiger partial charge is 0.465 e. The summed E-state index contributed by atoms with van der Waals surface area (Å²) in [6, 6.07) is 7.36. The Bertz CT molecular complexity index is 607. The lowest BCUT2D eigenvalue weighted by Gasteiger charge is -2.21. The fourth-order valence-corrected chi connectivity index (χ4v) is 1.96. The number of hydrogen-bond donors (Lipinski definition) is 0. The number of hydrogen-bond acceptors (Lipinski definition) is 6. The summed E-state index contributed by atoms with van der Waals surface area (Å²) in [5, 5.41) is 7.88. The van der Waals surface area contributed by atoms with Gasteiger partial charge in [0.25, 0.3) is 0 Å². The molecular formula is C15H19N3O3. The molecule has 0 aliphatic heterocycles. The Labute approximate surface area is 123 Å². The fraction of sp³-hybridized carbons (Fsp3) is 0.400. The van der Waals surface area contributed by atoms with Gasteiger partial charge in [-0.05, 0) is 31.7 Å². The third-order valence-corrected chi connectivity index (χ3v) is 3.37. The summed E-state index contributed by atoms with van der Waals surface area (Å²) < 4.78 is 10.1. The summed E-state index contributed by atoms with van der Waals surface area (Å²) in [5.74, 6) is 0.832. The molecule has 1 unspecified atom stereocenters. The molecule has 1 heterocycles. The minimum absolute atomic E-state index is 0.0199. The van der Waals surface area contributed by atoms with Gasteiger partial charge in [0.2, 0.25) is 11.8 Å². The van der Waals surface area contributed by atoms with Crippen LogP contribution >= 0.6 is 0 Å². The smallest absolute Gasteiger partial charge is 0.337 e. The Morgan fingerprint density at radius 3 is 2.52 bits per heavy atom. The first kappa shape index (κ1) is 15.2. The van der Waals surface area contributed by atoms with Gasteiger partial charge in [-0.3, -0.25) is 4.90 Å². The number of nitrogens with zero attached hydrogens (tertiary/aromatic N) is 3. The highest BCUT2D eigenvalue weighted by Crippen LogP contribution is 2.19. The van der Waals surface area contributed by atoms with E-state index in [2.05, 4.69) is 19.8 Å². The zero-order valence-corrected chi connectivity index (χ0v) is 12.7. The van der Waals surface area contributed by atoms with Crippen molar-refractivity contribution in [3.63, 3.8) is 0 Å². The highest BCUT2D eigenvalue weighted by molar-refractivity contribution is 5.89. The fourth-order valence-electron chi connectivity index (χ4n) is 1.96. The van der Waals surface area contributed by atoms with Crippen molar-refractivity contribution in [2.24, 2.45) is 0 Å². The monoisotopic (exact) mass is 289 g/mol. The zero-order valence-electron chi connectivity index (χ0n) is 12.7. The van der Waals surface area contributed by atoms with Crippen LogP contribution < -0.4 is 0 Å². The average molecular weight is 289 g/mol. The molecule has 0 saturated carbocycles. The third-order valence-electron chi connectivity index (χ3n) is 3.37. The molecule has 1 atom stereocenters. The SMILES string of the molecule is COC(=O)c1ccc(CN(C)C(C)c2nnc(C)o2)cc1. The lowest BCUT2D eigenvalue weighted by atomic mass is 10.1. The maximum Gasteiger partial charge on any atom is 0.337 e. The van der Waals surface area contributed by atoms with Crippen LogP contribution in [0.1, 0.15) is 40.7 Å². The van der Waals surface area contributed by atoms with Gasteiger partial charge in [-0.1, -0.05) is 12.1 Å². The van der Waals surface area contributed by atoms with E-state index in [0.717, 1.165) is 5.56 Å². The number of aryl methyl sites for hydroxylation is 1. The molecule has 6 heteroatoms. The summed E-state index contributed by atoms with van der Waals surface area (Å²) in [5.41, 5.74) is 1.64. The number of carbonyl (C=O) groups excluding carboxylic acids is 1. The van der Waals surface area contributed by atoms with E-state index in [9.17, 15) is 4.79 Å². The van der Waals surface area contributed by atoms with Crippen molar-refractivity contribution in [3.05, 3.63) is 47.2 Å². The molecule has 0 radical (unpaired) electrons. The van der Waals surface area contributed by atoms with E-state index in [1.165, 1.54) is 7.11 Å². The average Bonchev–Trinajstić information content (AvgIpc) is 2.93. The number of rotatable bonds is 5. The molecule has 1 aromatic carbocycles. The minimum Gasteiger partial charge on any atom is -0.465 e. The van der Waals surface area contributed by atoms with Gasteiger partial charge in [-0.15, -0.1) is 10.2 Å². The highest BCUT2D eigenvalue weighted by Gasteiger charge is 2.17. The predicted molar refractivity (Wildman–Crippen MR) is 76.7 cm³/mol. The quantitative estimate of drug-likeness (QED) is 0.787. The molecule has 2 aromatic rings. The Morgan fingerprint density at radius 2 is 2.00 bits per heavy atom. The Balaban J connectivity index is 2.02. The van der Waals surface area contributed by atoms with Crippen LogP contribution in [-0.2, 0) is 11.3 Å². The molecule has 0 aliphatic carbocycles. The Morgan fingerprint density at radius 1 is 1.33 bits per heavy atom. The number of benzene rings is 1. The molecule has 21 heavy (non-hydrogen) atoms. The van der Waals surface area contributed by atoms with Gasteiger partial charge in [0.15, 0.2) is 0 Å². The van der Waals surface area contributed by atoms with Crippen LogP contribution in [0.25, 0.3) is 0 Å². The van der Waals surface area contributed by atoms with E-state index in [1.54, 1.807) is 19.1 Å². The Kier molecular flexibility index (Phi) is 4.70. The van der Waals surface area contributed by atoms with Crippen LogP contribution in [0.15, 0.2) is 28.7 Å². The van der Waals surface area contributed by atoms with Gasteiger partial charge in [-0.25, -0.2) is 4.79 Å². The summed E-state index contributed by atoms with van der Waals surface area (Å²) >= 11 is 0. The Hall–Kier alpha value is -2.21. The third kappa shape index (κ3) is 3.66. The molecule has 0 fully saturated rings. The van der Waals surface area contributed by atoms with E-state index in [4.69, 9.17) is 4.42 Å². The second kappa shape index (κ2) is 6.49. The van der Waals surface area contributed by atoms with Crippen molar-refractivity contribution in [2.45, 2.75) is 26.4 Å². The molecule has 0 spiro atoms. The van der Waals surface area contributed by atoms with E-state index in [0.29, 0.717) is 23.9 Å². The number of carbonyl (C=O) groups is 1. The van der Waals surface area contributed by atoms with Crippen molar-refractivity contribution in [2.75, 3.05) is 14.2 Å². The second-order valence-corrected chi connectivity index (χ2v) is 4.94. The van der Waals surface area contributed by atoms with Crippen molar-refractivity contribution in [1.29, 1.82) is 0 Å². The zero-order chi connectivity index (χ0) is 15.4. The number of esters is 1. The molecule has 0 aliphatic rings. The molecule has 112 valence electrons. The van der Waals surface area contributed by atoms with E-state index in [1.807, 2.05) is 26.1 Å². The van der Waals surface area contributed by atoms with Gasteiger partial charge in [0, 0.05) is 13.5 Å². The van der Waals surface area contributed by atoms with E-state index < -0.39 is 0 Å². The first-order valence-electron chi connectivity index (χ1n) is 6.68. The summed E-state index contributed by atoms with van der Waals surface area (Å²) in [4.78, 5) is 13.5. The van der Waals surface area contributed by atoms with Crippen LogP contribution in [0.3, 0.4) is 0 Å². The lowest BCUT2D eigenvalue weighted by Crippen LogP contribution is -2.22. The number of methoxy groups -OCH3 is 1. The van der Waals surface area contributed by atoms with Crippen molar-refractivity contribution in [3.8, 4) is 0 Å². The van der Waals surface area contributed by atoms with Crippen molar-refractivity contribution < 1.29 is 13.9 Å². The molecular weight excluding hydrogens is 270 g/mol. The molecule has 0 bridgehead atoms. The van der Waals surface area contributed by atoms with Gasteiger partial charge >= 0.3 is 5.97 Å². The van der Waals surface area contributed by atoms with Gasteiger partial charge in [-0.2, -0.15) is 0 Å². The molecule has 1 aromatic heterocycles. The summed E-state index contributed by atoms with van der Waals surface area (Å²) in [6.45, 7) is 4.49. The van der Waals surface area contributed by atoms with Gasteiger partial charge < -0.3 is 9.15 Å². The maximum absolute atomic E-state index is 11.4.